The summed E-state index contributed by atoms with van der Waals surface area (Å²) in [6.45, 7) is 1.16. The third-order valence-electron chi connectivity index (χ3n) is 5.13. The lowest BCUT2D eigenvalue weighted by molar-refractivity contribution is -0.140. The Bertz CT molecular complexity index is 615. The van der Waals surface area contributed by atoms with Gasteiger partial charge < -0.3 is 10.6 Å². The zero-order valence-corrected chi connectivity index (χ0v) is 14.0. The maximum Gasteiger partial charge on any atom is 0.227 e. The van der Waals surface area contributed by atoms with E-state index in [1.54, 1.807) is 11.0 Å². The maximum absolute atomic E-state index is 12.6. The van der Waals surface area contributed by atoms with Gasteiger partial charge in [-0.15, -0.1) is 0 Å². The maximum atomic E-state index is 12.6. The molecule has 1 saturated heterocycles. The van der Waals surface area contributed by atoms with Crippen molar-refractivity contribution in [1.29, 1.82) is 0 Å². The van der Waals surface area contributed by atoms with E-state index < -0.39 is 5.41 Å². The highest BCUT2D eigenvalue weighted by Crippen LogP contribution is 2.44. The summed E-state index contributed by atoms with van der Waals surface area (Å²) in [5.41, 5.74) is 6.02. The second-order valence-corrected chi connectivity index (χ2v) is 7.39. The Balaban J connectivity index is 1.70. The Labute approximate surface area is 142 Å². The van der Waals surface area contributed by atoms with E-state index in [-0.39, 0.29) is 18.2 Å². The first-order valence-electron chi connectivity index (χ1n) is 8.31. The van der Waals surface area contributed by atoms with Crippen LogP contribution in [0.4, 0.5) is 0 Å². The molecule has 0 aromatic heterocycles. The molecule has 1 saturated carbocycles. The number of rotatable bonds is 5. The molecular weight excluding hydrogens is 312 g/mol. The van der Waals surface area contributed by atoms with Gasteiger partial charge in [0.15, 0.2) is 0 Å². The van der Waals surface area contributed by atoms with Crippen LogP contribution in [0.1, 0.15) is 37.7 Å². The molecule has 0 spiro atoms. The molecule has 2 amide bonds. The third kappa shape index (κ3) is 3.69. The van der Waals surface area contributed by atoms with Gasteiger partial charge in [-0.05, 0) is 36.8 Å². The van der Waals surface area contributed by atoms with Crippen LogP contribution in [0.3, 0.4) is 0 Å². The Morgan fingerprint density at radius 2 is 2.04 bits per heavy atom. The van der Waals surface area contributed by atoms with Crippen LogP contribution in [-0.2, 0) is 16.0 Å². The van der Waals surface area contributed by atoms with E-state index in [0.29, 0.717) is 24.0 Å². The molecule has 1 aliphatic carbocycles. The highest BCUT2D eigenvalue weighted by Gasteiger charge is 2.45. The van der Waals surface area contributed by atoms with Crippen molar-refractivity contribution in [2.45, 2.75) is 38.5 Å². The number of halogens is 1. The van der Waals surface area contributed by atoms with Crippen LogP contribution < -0.4 is 5.73 Å². The average Bonchev–Trinajstić information content (AvgIpc) is 3.33. The van der Waals surface area contributed by atoms with Crippen molar-refractivity contribution >= 4 is 23.4 Å². The van der Waals surface area contributed by atoms with Gasteiger partial charge in [0.25, 0.3) is 0 Å². The number of carbonyl (C=O) groups excluding carboxylic acids is 2. The molecule has 1 heterocycles. The monoisotopic (exact) mass is 334 g/mol. The number of hydrogen-bond donors (Lipinski definition) is 1. The molecule has 2 aliphatic rings. The van der Waals surface area contributed by atoms with E-state index >= 15 is 0 Å². The summed E-state index contributed by atoms with van der Waals surface area (Å²) >= 11 is 6.15. The number of nitrogens with zero attached hydrogens (tertiary/aromatic N) is 1. The second kappa shape index (κ2) is 6.52. The van der Waals surface area contributed by atoms with Gasteiger partial charge in [-0.25, -0.2) is 0 Å². The van der Waals surface area contributed by atoms with E-state index in [2.05, 4.69) is 0 Å². The van der Waals surface area contributed by atoms with E-state index in [1.165, 1.54) is 12.8 Å². The summed E-state index contributed by atoms with van der Waals surface area (Å²) < 4.78 is 0. The Morgan fingerprint density at radius 1 is 1.30 bits per heavy atom. The summed E-state index contributed by atoms with van der Waals surface area (Å²) in [6, 6.07) is 7.40. The molecule has 3 rings (SSSR count). The standard InChI is InChI=1S/C18H23ClN2O2/c19-15-5-2-1-4-14(15)10-16(22)21-9-3-8-18(12-21,17(20)23)11-13-6-7-13/h1-2,4-5,13H,3,6-12H2,(H2,20,23). The number of benzene rings is 1. The quantitative estimate of drug-likeness (QED) is 0.900. The van der Waals surface area contributed by atoms with Crippen LogP contribution in [0, 0.1) is 11.3 Å². The molecule has 1 unspecified atom stereocenters. The van der Waals surface area contributed by atoms with Crippen LogP contribution in [0.25, 0.3) is 0 Å². The lowest BCUT2D eigenvalue weighted by Gasteiger charge is -2.41. The lowest BCUT2D eigenvalue weighted by atomic mass is 9.75. The molecule has 2 N–H and O–H groups in total. The van der Waals surface area contributed by atoms with Crippen LogP contribution in [0.15, 0.2) is 24.3 Å². The topological polar surface area (TPSA) is 63.4 Å². The number of hydrogen-bond acceptors (Lipinski definition) is 2. The van der Waals surface area contributed by atoms with Crippen LogP contribution >= 0.6 is 11.6 Å². The van der Waals surface area contributed by atoms with E-state index in [0.717, 1.165) is 24.8 Å². The van der Waals surface area contributed by atoms with Crippen molar-refractivity contribution in [1.82, 2.24) is 4.90 Å². The molecule has 4 nitrogen and oxygen atoms in total. The summed E-state index contributed by atoms with van der Waals surface area (Å²) in [6.07, 6.45) is 5.11. The van der Waals surface area contributed by atoms with Crippen LogP contribution in [0.2, 0.25) is 5.02 Å². The molecule has 1 aromatic rings. The van der Waals surface area contributed by atoms with Crippen molar-refractivity contribution < 1.29 is 9.59 Å². The SMILES string of the molecule is NC(=O)C1(CC2CC2)CCCN(C(=O)Cc2ccccc2Cl)C1. The number of primary amides is 1. The van der Waals surface area contributed by atoms with Gasteiger partial charge in [0.1, 0.15) is 0 Å². The van der Waals surface area contributed by atoms with Gasteiger partial charge in [-0.2, -0.15) is 0 Å². The number of carbonyl (C=O) groups is 2. The number of likely N-dealkylation sites (tertiary alicyclic amines) is 1. The van der Waals surface area contributed by atoms with Crippen molar-refractivity contribution in [2.75, 3.05) is 13.1 Å². The minimum absolute atomic E-state index is 0.0271. The summed E-state index contributed by atoms with van der Waals surface area (Å²) in [5.74, 6) is 0.389. The van der Waals surface area contributed by atoms with Crippen molar-refractivity contribution in [2.24, 2.45) is 17.1 Å². The summed E-state index contributed by atoms with van der Waals surface area (Å²) in [7, 11) is 0. The third-order valence-corrected chi connectivity index (χ3v) is 5.50. The lowest BCUT2D eigenvalue weighted by Crippen LogP contribution is -2.52. The van der Waals surface area contributed by atoms with E-state index in [9.17, 15) is 9.59 Å². The van der Waals surface area contributed by atoms with Gasteiger partial charge in [-0.3, -0.25) is 9.59 Å². The molecule has 2 fully saturated rings. The summed E-state index contributed by atoms with van der Waals surface area (Å²) in [5, 5.41) is 0.608. The minimum atomic E-state index is -0.532. The highest BCUT2D eigenvalue weighted by molar-refractivity contribution is 6.31. The first-order valence-corrected chi connectivity index (χ1v) is 8.69. The zero-order chi connectivity index (χ0) is 16.4. The van der Waals surface area contributed by atoms with Crippen molar-refractivity contribution in [3.05, 3.63) is 34.9 Å². The first-order chi connectivity index (χ1) is 11.0. The molecule has 0 bridgehead atoms. The van der Waals surface area contributed by atoms with E-state index in [4.69, 9.17) is 17.3 Å². The minimum Gasteiger partial charge on any atom is -0.369 e. The Hall–Kier alpha value is -1.55. The Morgan fingerprint density at radius 3 is 2.70 bits per heavy atom. The number of amides is 2. The predicted molar refractivity (Wildman–Crippen MR) is 89.9 cm³/mol. The normalized spacial score (nSPS) is 24.5. The van der Waals surface area contributed by atoms with Crippen molar-refractivity contribution in [3.63, 3.8) is 0 Å². The molecular formula is C18H23ClN2O2. The van der Waals surface area contributed by atoms with Gasteiger partial charge in [-0.1, -0.05) is 42.6 Å². The largest absolute Gasteiger partial charge is 0.369 e. The van der Waals surface area contributed by atoms with Gasteiger partial charge in [0.2, 0.25) is 11.8 Å². The van der Waals surface area contributed by atoms with Crippen LogP contribution in [0.5, 0.6) is 0 Å². The highest BCUT2D eigenvalue weighted by atomic mass is 35.5. The fourth-order valence-electron chi connectivity index (χ4n) is 3.60. The molecule has 124 valence electrons. The summed E-state index contributed by atoms with van der Waals surface area (Å²) in [4.78, 5) is 26.5. The smallest absolute Gasteiger partial charge is 0.227 e. The first kappa shape index (κ1) is 16.3. The molecule has 1 atom stereocenters. The number of nitrogens with two attached hydrogens (primary N) is 1. The fraction of sp³-hybridized carbons (Fsp3) is 0.556. The molecule has 0 radical (unpaired) electrons. The van der Waals surface area contributed by atoms with Gasteiger partial charge >= 0.3 is 0 Å². The zero-order valence-electron chi connectivity index (χ0n) is 13.3. The molecule has 1 aliphatic heterocycles. The average molecular weight is 335 g/mol. The molecule has 23 heavy (non-hydrogen) atoms. The van der Waals surface area contributed by atoms with Gasteiger partial charge in [0, 0.05) is 18.1 Å². The molecule has 1 aromatic carbocycles. The fourth-order valence-corrected chi connectivity index (χ4v) is 3.81. The van der Waals surface area contributed by atoms with E-state index in [1.807, 2.05) is 18.2 Å². The van der Waals surface area contributed by atoms with Crippen LogP contribution in [-0.4, -0.2) is 29.8 Å². The number of piperidine rings is 1. The predicted octanol–water partition coefficient (Wildman–Crippen LogP) is 2.78. The van der Waals surface area contributed by atoms with Gasteiger partial charge in [0.05, 0.1) is 11.8 Å². The Kier molecular flexibility index (Phi) is 4.62. The molecule has 5 heteroatoms. The van der Waals surface area contributed by atoms with Crippen molar-refractivity contribution in [3.8, 4) is 0 Å². The second-order valence-electron chi connectivity index (χ2n) is 6.98.